The summed E-state index contributed by atoms with van der Waals surface area (Å²) < 4.78 is 2.69. The second-order valence-electron chi connectivity index (χ2n) is 11.4. The molecule has 0 aliphatic carbocycles. The summed E-state index contributed by atoms with van der Waals surface area (Å²) >= 11 is 1.88. The molecular weight excluding hydrogens is 551 g/mol. The van der Waals surface area contributed by atoms with Crippen LogP contribution in [0.25, 0.3) is 63.6 Å². The van der Waals surface area contributed by atoms with E-state index < -0.39 is 0 Å². The molecular formula is C42H27NS. The maximum absolute atomic E-state index is 2.42. The zero-order valence-electron chi connectivity index (χ0n) is 23.9. The van der Waals surface area contributed by atoms with Crippen LogP contribution in [0.15, 0.2) is 164 Å². The maximum atomic E-state index is 2.42. The summed E-state index contributed by atoms with van der Waals surface area (Å²) in [4.78, 5) is 2.35. The van der Waals surface area contributed by atoms with Crippen LogP contribution in [-0.4, -0.2) is 0 Å². The molecule has 2 heteroatoms. The van der Waals surface area contributed by atoms with Gasteiger partial charge in [-0.05, 0) is 98.0 Å². The van der Waals surface area contributed by atoms with Crippen LogP contribution in [0.5, 0.6) is 0 Å². The van der Waals surface area contributed by atoms with Crippen LogP contribution in [0.1, 0.15) is 0 Å². The Labute approximate surface area is 259 Å². The van der Waals surface area contributed by atoms with Gasteiger partial charge in [-0.1, -0.05) is 109 Å². The third-order valence-electron chi connectivity index (χ3n) is 8.80. The van der Waals surface area contributed by atoms with E-state index in [2.05, 4.69) is 169 Å². The van der Waals surface area contributed by atoms with Crippen molar-refractivity contribution in [2.45, 2.75) is 0 Å². The van der Waals surface area contributed by atoms with Crippen LogP contribution in [0.4, 0.5) is 17.1 Å². The van der Waals surface area contributed by atoms with Gasteiger partial charge in [0.1, 0.15) is 0 Å². The summed E-state index contributed by atoms with van der Waals surface area (Å²) in [6, 6.07) is 59.7. The first-order chi connectivity index (χ1) is 21.8. The van der Waals surface area contributed by atoms with Crippen molar-refractivity contribution in [3.05, 3.63) is 164 Å². The van der Waals surface area contributed by atoms with Gasteiger partial charge in [-0.15, -0.1) is 11.3 Å². The first-order valence-electron chi connectivity index (χ1n) is 15.0. The fourth-order valence-corrected chi connectivity index (χ4v) is 7.83. The molecule has 0 unspecified atom stereocenters. The smallest absolute Gasteiger partial charge is 0.0468 e. The number of thiophene rings is 1. The summed E-state index contributed by atoms with van der Waals surface area (Å²) in [5, 5.41) is 10.4. The van der Waals surface area contributed by atoms with Gasteiger partial charge in [-0.25, -0.2) is 0 Å². The molecule has 0 saturated heterocycles. The highest BCUT2D eigenvalue weighted by atomic mass is 32.1. The van der Waals surface area contributed by atoms with E-state index in [4.69, 9.17) is 0 Å². The molecule has 0 saturated carbocycles. The van der Waals surface area contributed by atoms with Gasteiger partial charge in [-0.3, -0.25) is 0 Å². The SMILES string of the molecule is c1ccc(-c2ccc(N(c3ccccc3)c3ccc4c(ccc5ccc6cc7sc8ccccc8c7cc6c54)c3)cc2)cc1. The predicted octanol–water partition coefficient (Wildman–Crippen LogP) is 12.7. The molecule has 206 valence electrons. The van der Waals surface area contributed by atoms with Crippen molar-refractivity contribution < 1.29 is 0 Å². The van der Waals surface area contributed by atoms with Gasteiger partial charge in [0.05, 0.1) is 0 Å². The van der Waals surface area contributed by atoms with E-state index in [0.717, 1.165) is 17.1 Å². The molecule has 0 atom stereocenters. The normalized spacial score (nSPS) is 11.6. The maximum Gasteiger partial charge on any atom is 0.0468 e. The van der Waals surface area contributed by atoms with Crippen LogP contribution in [-0.2, 0) is 0 Å². The van der Waals surface area contributed by atoms with Crippen LogP contribution in [0, 0.1) is 0 Å². The minimum atomic E-state index is 1.13. The Hall–Kier alpha value is -5.44. The average molecular weight is 578 g/mol. The Kier molecular flexibility index (Phi) is 5.75. The molecule has 0 spiro atoms. The lowest BCUT2D eigenvalue weighted by Gasteiger charge is -2.26. The molecule has 0 aliphatic rings. The molecule has 0 fully saturated rings. The fourth-order valence-electron chi connectivity index (χ4n) is 6.69. The van der Waals surface area contributed by atoms with Crippen LogP contribution >= 0.6 is 11.3 Å². The first-order valence-corrected chi connectivity index (χ1v) is 15.8. The second-order valence-corrected chi connectivity index (χ2v) is 12.5. The van der Waals surface area contributed by atoms with Crippen molar-refractivity contribution in [2.75, 3.05) is 4.90 Å². The molecule has 9 rings (SSSR count). The molecule has 0 radical (unpaired) electrons. The molecule has 1 aromatic heterocycles. The molecule has 1 heterocycles. The Bertz CT molecular complexity index is 2480. The van der Waals surface area contributed by atoms with E-state index in [-0.39, 0.29) is 0 Å². The Morgan fingerprint density at radius 3 is 1.75 bits per heavy atom. The van der Waals surface area contributed by atoms with Gasteiger partial charge >= 0.3 is 0 Å². The molecule has 44 heavy (non-hydrogen) atoms. The van der Waals surface area contributed by atoms with E-state index in [0.29, 0.717) is 0 Å². The van der Waals surface area contributed by atoms with Crippen molar-refractivity contribution >= 4 is 80.9 Å². The number of hydrogen-bond donors (Lipinski definition) is 0. The number of para-hydroxylation sites is 1. The number of fused-ring (bicyclic) bond motifs is 8. The number of nitrogens with zero attached hydrogens (tertiary/aromatic N) is 1. The number of benzene rings is 8. The van der Waals surface area contributed by atoms with E-state index in [9.17, 15) is 0 Å². The molecule has 0 amide bonds. The Morgan fingerprint density at radius 1 is 0.341 bits per heavy atom. The minimum Gasteiger partial charge on any atom is -0.310 e. The summed E-state index contributed by atoms with van der Waals surface area (Å²) in [6.45, 7) is 0. The molecule has 0 bridgehead atoms. The zero-order chi connectivity index (χ0) is 29.0. The van der Waals surface area contributed by atoms with Crippen molar-refractivity contribution in [2.24, 2.45) is 0 Å². The Morgan fingerprint density at radius 2 is 0.955 bits per heavy atom. The van der Waals surface area contributed by atoms with Gasteiger partial charge in [0.25, 0.3) is 0 Å². The lowest BCUT2D eigenvalue weighted by atomic mass is 9.95. The van der Waals surface area contributed by atoms with E-state index in [1.54, 1.807) is 0 Å². The predicted molar refractivity (Wildman–Crippen MR) is 192 cm³/mol. The zero-order valence-corrected chi connectivity index (χ0v) is 24.8. The van der Waals surface area contributed by atoms with E-state index in [1.165, 1.54) is 63.6 Å². The fraction of sp³-hybridized carbons (Fsp3) is 0. The van der Waals surface area contributed by atoms with Crippen molar-refractivity contribution in [3.63, 3.8) is 0 Å². The summed E-state index contributed by atoms with van der Waals surface area (Å²) in [6.07, 6.45) is 0. The molecule has 0 aliphatic heterocycles. The molecule has 0 N–H and O–H groups in total. The highest BCUT2D eigenvalue weighted by molar-refractivity contribution is 7.25. The minimum absolute atomic E-state index is 1.13. The largest absolute Gasteiger partial charge is 0.310 e. The van der Waals surface area contributed by atoms with Crippen LogP contribution in [0.2, 0.25) is 0 Å². The standard InChI is InChI=1S/C42H27NS/c1-3-9-28(10-4-1)29-19-21-34(22-20-29)43(33-11-5-2-6-12-33)35-23-24-36-31(25-35)17-15-30-16-18-32-26-41-39(27-38(32)42(30)36)37-13-7-8-14-40(37)44-41/h1-27H. The topological polar surface area (TPSA) is 3.24 Å². The lowest BCUT2D eigenvalue weighted by molar-refractivity contribution is 1.29. The van der Waals surface area contributed by atoms with E-state index >= 15 is 0 Å². The quantitative estimate of drug-likeness (QED) is 0.188. The van der Waals surface area contributed by atoms with E-state index in [1.807, 2.05) is 11.3 Å². The average Bonchev–Trinajstić information content (AvgIpc) is 3.45. The van der Waals surface area contributed by atoms with Crippen molar-refractivity contribution in [1.82, 2.24) is 0 Å². The highest BCUT2D eigenvalue weighted by Gasteiger charge is 2.15. The van der Waals surface area contributed by atoms with Gasteiger partial charge < -0.3 is 4.90 Å². The molecule has 9 aromatic rings. The summed E-state index contributed by atoms with van der Waals surface area (Å²) in [7, 11) is 0. The van der Waals surface area contributed by atoms with Crippen molar-refractivity contribution in [3.8, 4) is 11.1 Å². The number of rotatable bonds is 4. The van der Waals surface area contributed by atoms with Crippen LogP contribution in [0.3, 0.4) is 0 Å². The molecule has 1 nitrogen and oxygen atoms in total. The highest BCUT2D eigenvalue weighted by Crippen LogP contribution is 2.42. The third-order valence-corrected chi connectivity index (χ3v) is 9.94. The van der Waals surface area contributed by atoms with Gasteiger partial charge in [0, 0.05) is 37.2 Å². The van der Waals surface area contributed by atoms with Gasteiger partial charge in [-0.2, -0.15) is 0 Å². The van der Waals surface area contributed by atoms with Gasteiger partial charge in [0.15, 0.2) is 0 Å². The lowest BCUT2D eigenvalue weighted by Crippen LogP contribution is -2.09. The van der Waals surface area contributed by atoms with Crippen LogP contribution < -0.4 is 4.90 Å². The monoisotopic (exact) mass is 577 g/mol. The summed E-state index contributed by atoms with van der Waals surface area (Å²) in [5.74, 6) is 0. The molecule has 8 aromatic carbocycles. The first kappa shape index (κ1) is 25.1. The second kappa shape index (κ2) is 10.1. The number of anilines is 3. The van der Waals surface area contributed by atoms with Crippen molar-refractivity contribution in [1.29, 1.82) is 0 Å². The number of hydrogen-bond acceptors (Lipinski definition) is 2. The van der Waals surface area contributed by atoms with Gasteiger partial charge in [0.2, 0.25) is 0 Å². The summed E-state index contributed by atoms with van der Waals surface area (Å²) in [5.41, 5.74) is 5.85. The Balaban J connectivity index is 1.23. The third kappa shape index (κ3) is 4.07.